The molecule has 7 heteroatoms. The standard InChI is InChI=1S/C13H14N4O3/c1-19-10-4-3-9(12(7-10)20-2)8-15-17-13(18)11-5-6-14-16-11/h3-8H,1-2H3,(H,14,16)(H,17,18)/b15-8-. The molecule has 104 valence electrons. The molecule has 7 nitrogen and oxygen atoms in total. The van der Waals surface area contributed by atoms with Crippen molar-refractivity contribution in [2.45, 2.75) is 0 Å². The first-order valence-electron chi connectivity index (χ1n) is 5.79. The zero-order valence-corrected chi connectivity index (χ0v) is 11.1. The number of hydrogen-bond acceptors (Lipinski definition) is 5. The molecule has 1 aromatic carbocycles. The van der Waals surface area contributed by atoms with Gasteiger partial charge < -0.3 is 9.47 Å². The molecule has 0 unspecified atom stereocenters. The summed E-state index contributed by atoms with van der Waals surface area (Å²) in [5.74, 6) is 0.913. The smallest absolute Gasteiger partial charge is 0.289 e. The number of carbonyl (C=O) groups is 1. The molecule has 0 atom stereocenters. The van der Waals surface area contributed by atoms with Crippen LogP contribution >= 0.6 is 0 Å². The molecule has 0 aliphatic heterocycles. The summed E-state index contributed by atoms with van der Waals surface area (Å²) in [4.78, 5) is 11.6. The molecule has 0 bridgehead atoms. The van der Waals surface area contributed by atoms with Gasteiger partial charge in [-0.05, 0) is 18.2 Å². The molecule has 0 aliphatic carbocycles. The summed E-state index contributed by atoms with van der Waals surface area (Å²) in [5, 5.41) is 10.1. The molecular formula is C13H14N4O3. The van der Waals surface area contributed by atoms with E-state index in [0.717, 1.165) is 5.56 Å². The van der Waals surface area contributed by atoms with Crippen molar-refractivity contribution in [3.63, 3.8) is 0 Å². The molecule has 0 fully saturated rings. The number of H-pyrrole nitrogens is 1. The second-order valence-corrected chi connectivity index (χ2v) is 3.78. The minimum Gasteiger partial charge on any atom is -0.497 e. The van der Waals surface area contributed by atoms with E-state index in [9.17, 15) is 4.79 Å². The Balaban J connectivity index is 2.06. The van der Waals surface area contributed by atoms with E-state index in [0.29, 0.717) is 17.2 Å². The van der Waals surface area contributed by atoms with Crippen molar-refractivity contribution in [2.24, 2.45) is 5.10 Å². The van der Waals surface area contributed by atoms with E-state index in [4.69, 9.17) is 9.47 Å². The topological polar surface area (TPSA) is 88.6 Å². The SMILES string of the molecule is COc1ccc(/C=N\NC(=O)c2ccn[nH]2)c(OC)c1. The minimum absolute atomic E-state index is 0.337. The van der Waals surface area contributed by atoms with E-state index in [1.807, 2.05) is 0 Å². The number of rotatable bonds is 5. The summed E-state index contributed by atoms with van der Waals surface area (Å²) in [6.07, 6.45) is 2.98. The van der Waals surface area contributed by atoms with Gasteiger partial charge in [-0.1, -0.05) is 0 Å². The van der Waals surface area contributed by atoms with E-state index >= 15 is 0 Å². The molecule has 0 aliphatic rings. The number of methoxy groups -OCH3 is 2. The van der Waals surface area contributed by atoms with Crippen LogP contribution < -0.4 is 14.9 Å². The number of hydrazone groups is 1. The van der Waals surface area contributed by atoms with Gasteiger partial charge in [0.25, 0.3) is 5.91 Å². The lowest BCUT2D eigenvalue weighted by molar-refractivity contribution is 0.0950. The van der Waals surface area contributed by atoms with Crippen molar-refractivity contribution in [3.05, 3.63) is 41.7 Å². The minimum atomic E-state index is -0.369. The van der Waals surface area contributed by atoms with Gasteiger partial charge in [0.2, 0.25) is 0 Å². The highest BCUT2D eigenvalue weighted by atomic mass is 16.5. The first-order valence-corrected chi connectivity index (χ1v) is 5.79. The van der Waals surface area contributed by atoms with Gasteiger partial charge in [-0.15, -0.1) is 0 Å². The predicted octanol–water partition coefficient (Wildman–Crippen LogP) is 1.19. The van der Waals surface area contributed by atoms with Crippen LogP contribution in [0.3, 0.4) is 0 Å². The number of amides is 1. The predicted molar refractivity (Wildman–Crippen MR) is 73.2 cm³/mol. The van der Waals surface area contributed by atoms with Gasteiger partial charge in [0.05, 0.1) is 20.4 Å². The first kappa shape index (κ1) is 13.6. The normalized spacial score (nSPS) is 10.5. The maximum atomic E-state index is 11.6. The first-order chi connectivity index (χ1) is 9.74. The third kappa shape index (κ3) is 3.14. The summed E-state index contributed by atoms with van der Waals surface area (Å²) in [6.45, 7) is 0. The van der Waals surface area contributed by atoms with Crippen molar-refractivity contribution in [1.29, 1.82) is 0 Å². The highest BCUT2D eigenvalue weighted by Crippen LogP contribution is 2.22. The molecule has 1 aromatic heterocycles. The molecule has 0 saturated heterocycles. The molecule has 0 saturated carbocycles. The number of carbonyl (C=O) groups excluding carboxylic acids is 1. The number of aromatic nitrogens is 2. The summed E-state index contributed by atoms with van der Waals surface area (Å²) in [6, 6.07) is 6.85. The average Bonchev–Trinajstić information content (AvgIpc) is 3.01. The van der Waals surface area contributed by atoms with Crippen LogP contribution in [0, 0.1) is 0 Å². The van der Waals surface area contributed by atoms with Crippen LogP contribution in [0.4, 0.5) is 0 Å². The van der Waals surface area contributed by atoms with Gasteiger partial charge in [0.1, 0.15) is 17.2 Å². The Bertz CT molecular complexity index is 608. The summed E-state index contributed by atoms with van der Waals surface area (Å²) >= 11 is 0. The molecule has 0 radical (unpaired) electrons. The van der Waals surface area contributed by atoms with Crippen molar-refractivity contribution in [3.8, 4) is 11.5 Å². The fraction of sp³-hybridized carbons (Fsp3) is 0.154. The molecule has 0 spiro atoms. The molecule has 20 heavy (non-hydrogen) atoms. The Kier molecular flexibility index (Phi) is 4.33. The van der Waals surface area contributed by atoms with Gasteiger partial charge in [-0.3, -0.25) is 9.89 Å². The van der Waals surface area contributed by atoms with E-state index < -0.39 is 0 Å². The van der Waals surface area contributed by atoms with E-state index in [-0.39, 0.29) is 5.91 Å². The number of nitrogens with zero attached hydrogens (tertiary/aromatic N) is 2. The van der Waals surface area contributed by atoms with E-state index in [1.165, 1.54) is 12.4 Å². The van der Waals surface area contributed by atoms with Crippen molar-refractivity contribution < 1.29 is 14.3 Å². The van der Waals surface area contributed by atoms with Crippen LogP contribution in [0.1, 0.15) is 16.1 Å². The maximum absolute atomic E-state index is 11.6. The monoisotopic (exact) mass is 274 g/mol. The van der Waals surface area contributed by atoms with E-state index in [2.05, 4.69) is 20.7 Å². The Hall–Kier alpha value is -2.83. The Morgan fingerprint density at radius 1 is 1.35 bits per heavy atom. The zero-order chi connectivity index (χ0) is 14.4. The van der Waals surface area contributed by atoms with Crippen LogP contribution in [0.25, 0.3) is 0 Å². The largest absolute Gasteiger partial charge is 0.497 e. The third-order valence-corrected chi connectivity index (χ3v) is 2.56. The van der Waals surface area contributed by atoms with E-state index in [1.54, 1.807) is 38.5 Å². The number of hydrogen-bond donors (Lipinski definition) is 2. The van der Waals surface area contributed by atoms with Crippen LogP contribution in [-0.4, -0.2) is 36.5 Å². The maximum Gasteiger partial charge on any atom is 0.289 e. The summed E-state index contributed by atoms with van der Waals surface area (Å²) in [5.41, 5.74) is 3.44. The van der Waals surface area contributed by atoms with Crippen LogP contribution in [-0.2, 0) is 0 Å². The Morgan fingerprint density at radius 2 is 2.20 bits per heavy atom. The van der Waals surface area contributed by atoms with Crippen LogP contribution in [0.5, 0.6) is 11.5 Å². The third-order valence-electron chi connectivity index (χ3n) is 2.56. The van der Waals surface area contributed by atoms with Gasteiger partial charge >= 0.3 is 0 Å². The molecule has 2 rings (SSSR count). The van der Waals surface area contributed by atoms with Gasteiger partial charge in [-0.2, -0.15) is 10.2 Å². The van der Waals surface area contributed by atoms with Crippen molar-refractivity contribution >= 4 is 12.1 Å². The fourth-order valence-corrected chi connectivity index (χ4v) is 1.53. The lowest BCUT2D eigenvalue weighted by Gasteiger charge is -2.06. The lowest BCUT2D eigenvalue weighted by atomic mass is 10.2. The zero-order valence-electron chi connectivity index (χ0n) is 11.1. The number of ether oxygens (including phenoxy) is 2. The highest BCUT2D eigenvalue weighted by molar-refractivity contribution is 5.93. The molecule has 1 heterocycles. The average molecular weight is 274 g/mol. The van der Waals surface area contributed by atoms with Gasteiger partial charge in [0, 0.05) is 17.8 Å². The highest BCUT2D eigenvalue weighted by Gasteiger charge is 2.05. The fourth-order valence-electron chi connectivity index (χ4n) is 1.53. The molecule has 2 aromatic rings. The molecule has 1 amide bonds. The van der Waals surface area contributed by atoms with Crippen molar-refractivity contribution in [1.82, 2.24) is 15.6 Å². The molecule has 2 N–H and O–H groups in total. The number of aromatic amines is 1. The number of nitrogens with one attached hydrogen (secondary N) is 2. The van der Waals surface area contributed by atoms with Crippen molar-refractivity contribution in [2.75, 3.05) is 14.2 Å². The van der Waals surface area contributed by atoms with Gasteiger partial charge in [-0.25, -0.2) is 5.43 Å². The van der Waals surface area contributed by atoms with Crippen LogP contribution in [0.2, 0.25) is 0 Å². The Morgan fingerprint density at radius 3 is 2.85 bits per heavy atom. The lowest BCUT2D eigenvalue weighted by Crippen LogP contribution is -2.18. The molecular weight excluding hydrogens is 260 g/mol. The quantitative estimate of drug-likeness (QED) is 0.633. The summed E-state index contributed by atoms with van der Waals surface area (Å²) < 4.78 is 10.3. The number of benzene rings is 1. The second kappa shape index (κ2) is 6.37. The summed E-state index contributed by atoms with van der Waals surface area (Å²) in [7, 11) is 3.13. The Labute approximate surface area is 115 Å². The van der Waals surface area contributed by atoms with Gasteiger partial charge in [0.15, 0.2) is 0 Å². The van der Waals surface area contributed by atoms with Crippen LogP contribution in [0.15, 0.2) is 35.6 Å². The second-order valence-electron chi connectivity index (χ2n) is 3.78.